The highest BCUT2D eigenvalue weighted by atomic mass is 32.1. The number of ether oxygens (including phenoxy) is 1. The molecule has 0 radical (unpaired) electrons. The van der Waals surface area contributed by atoms with Gasteiger partial charge in [-0.15, -0.1) is 11.3 Å². The van der Waals surface area contributed by atoms with Crippen LogP contribution >= 0.6 is 11.3 Å². The molecule has 0 spiro atoms. The van der Waals surface area contributed by atoms with Crippen molar-refractivity contribution in [3.05, 3.63) is 52.0 Å². The molecule has 2 aliphatic rings. The zero-order chi connectivity index (χ0) is 20.8. The van der Waals surface area contributed by atoms with E-state index in [4.69, 9.17) is 4.74 Å². The minimum atomic E-state index is -0.178. The molecular weight excluding hydrogens is 400 g/mol. The minimum Gasteiger partial charge on any atom is -0.379 e. The Kier molecular flexibility index (Phi) is 6.74. The van der Waals surface area contributed by atoms with Gasteiger partial charge in [0.05, 0.1) is 18.2 Å². The molecule has 1 aromatic carbocycles. The number of thiazole rings is 1. The predicted molar refractivity (Wildman–Crippen MR) is 114 cm³/mol. The number of nitrogens with zero attached hydrogens (tertiary/aromatic N) is 3. The van der Waals surface area contributed by atoms with Gasteiger partial charge in [0.25, 0.3) is 11.8 Å². The van der Waals surface area contributed by atoms with Crippen molar-refractivity contribution in [1.29, 1.82) is 0 Å². The van der Waals surface area contributed by atoms with Gasteiger partial charge in [-0.2, -0.15) is 0 Å². The molecule has 2 amide bonds. The minimum absolute atomic E-state index is 0.137. The van der Waals surface area contributed by atoms with E-state index in [0.717, 1.165) is 23.4 Å². The Morgan fingerprint density at radius 3 is 2.57 bits per heavy atom. The van der Waals surface area contributed by atoms with Crippen LogP contribution < -0.4 is 5.43 Å². The molecule has 0 atom stereocenters. The number of likely N-dealkylation sites (tertiary alicyclic amines) is 1. The summed E-state index contributed by atoms with van der Waals surface area (Å²) in [5.74, 6) is 5.62. The third-order valence-electron chi connectivity index (χ3n) is 5.24. The van der Waals surface area contributed by atoms with Gasteiger partial charge in [-0.05, 0) is 25.0 Å². The fraction of sp³-hybridized carbons (Fsp3) is 0.409. The number of amides is 2. The van der Waals surface area contributed by atoms with Crippen molar-refractivity contribution in [3.8, 4) is 11.8 Å². The van der Waals surface area contributed by atoms with Crippen molar-refractivity contribution < 1.29 is 14.3 Å². The molecule has 2 aliphatic heterocycles. The molecule has 3 heterocycles. The zero-order valence-electron chi connectivity index (χ0n) is 16.7. The average Bonchev–Trinajstić information content (AvgIpc) is 3.29. The van der Waals surface area contributed by atoms with Gasteiger partial charge in [-0.3, -0.25) is 15.0 Å². The van der Waals surface area contributed by atoms with Gasteiger partial charge in [0.2, 0.25) is 0 Å². The van der Waals surface area contributed by atoms with Gasteiger partial charge in [0, 0.05) is 49.0 Å². The van der Waals surface area contributed by atoms with Crippen LogP contribution in [-0.2, 0) is 9.53 Å². The molecule has 2 aromatic rings. The molecule has 156 valence electrons. The fourth-order valence-electron chi connectivity index (χ4n) is 3.51. The Bertz CT molecular complexity index is 936. The van der Waals surface area contributed by atoms with E-state index in [-0.39, 0.29) is 17.7 Å². The number of piperidine rings is 1. The van der Waals surface area contributed by atoms with Gasteiger partial charge >= 0.3 is 0 Å². The number of benzene rings is 1. The number of hydrogen-bond donors (Lipinski definition) is 1. The maximum atomic E-state index is 12.4. The molecule has 30 heavy (non-hydrogen) atoms. The smallest absolute Gasteiger partial charge is 0.298 e. The first-order valence-corrected chi connectivity index (χ1v) is 11.0. The monoisotopic (exact) mass is 424 g/mol. The Balaban J connectivity index is 1.28. The van der Waals surface area contributed by atoms with E-state index in [0.29, 0.717) is 45.1 Å². The highest BCUT2D eigenvalue weighted by Gasteiger charge is 2.26. The van der Waals surface area contributed by atoms with E-state index < -0.39 is 0 Å². The lowest BCUT2D eigenvalue weighted by Gasteiger charge is -2.29. The number of hydrazine groups is 1. The number of morpholine rings is 1. The standard InChI is InChI=1S/C22H24N4O3S/c27-20(7-6-17-4-2-1-3-5-17)25-10-8-18(9-11-25)22-23-19(16-30-22)21(28)24-26-12-14-29-15-13-26/h1-5,16,18H,8-15H2,(H,24,28). The Morgan fingerprint density at radius 1 is 1.10 bits per heavy atom. The second-order valence-electron chi connectivity index (χ2n) is 7.29. The SMILES string of the molecule is O=C(NN1CCOCC1)c1csc(C2CCN(C(=O)C#Cc3ccccc3)CC2)n1. The van der Waals surface area contributed by atoms with Crippen molar-refractivity contribution in [1.82, 2.24) is 20.3 Å². The summed E-state index contributed by atoms with van der Waals surface area (Å²) >= 11 is 1.52. The highest BCUT2D eigenvalue weighted by Crippen LogP contribution is 2.30. The van der Waals surface area contributed by atoms with Gasteiger partial charge in [-0.25, -0.2) is 9.99 Å². The van der Waals surface area contributed by atoms with Crippen LogP contribution in [0.4, 0.5) is 0 Å². The summed E-state index contributed by atoms with van der Waals surface area (Å²) < 4.78 is 5.29. The Morgan fingerprint density at radius 2 is 1.83 bits per heavy atom. The van der Waals surface area contributed by atoms with Crippen LogP contribution in [0.2, 0.25) is 0 Å². The Hall–Kier alpha value is -2.73. The van der Waals surface area contributed by atoms with Crippen LogP contribution in [0.3, 0.4) is 0 Å². The van der Waals surface area contributed by atoms with Crippen molar-refractivity contribution >= 4 is 23.2 Å². The summed E-state index contributed by atoms with van der Waals surface area (Å²) in [6, 6.07) is 9.52. The maximum Gasteiger partial charge on any atom is 0.298 e. The van der Waals surface area contributed by atoms with Crippen LogP contribution in [0.5, 0.6) is 0 Å². The fourth-order valence-corrected chi connectivity index (χ4v) is 4.48. The van der Waals surface area contributed by atoms with Crippen molar-refractivity contribution in [3.63, 3.8) is 0 Å². The lowest BCUT2D eigenvalue weighted by molar-refractivity contribution is -0.126. The van der Waals surface area contributed by atoms with E-state index in [1.54, 1.807) is 4.90 Å². The molecule has 0 saturated carbocycles. The summed E-state index contributed by atoms with van der Waals surface area (Å²) in [5, 5.41) is 4.64. The second kappa shape index (κ2) is 9.85. The van der Waals surface area contributed by atoms with Crippen LogP contribution in [0.25, 0.3) is 0 Å². The predicted octanol–water partition coefficient (Wildman–Crippen LogP) is 1.88. The topological polar surface area (TPSA) is 74.8 Å². The second-order valence-corrected chi connectivity index (χ2v) is 8.18. The lowest BCUT2D eigenvalue weighted by atomic mass is 9.97. The zero-order valence-corrected chi connectivity index (χ0v) is 17.5. The third kappa shape index (κ3) is 5.25. The van der Waals surface area contributed by atoms with Gasteiger partial charge < -0.3 is 9.64 Å². The van der Waals surface area contributed by atoms with Crippen LogP contribution in [0, 0.1) is 11.8 Å². The number of carbonyl (C=O) groups excluding carboxylic acids is 2. The van der Waals surface area contributed by atoms with Gasteiger partial charge in [-0.1, -0.05) is 24.1 Å². The number of carbonyl (C=O) groups is 2. The van der Waals surface area contributed by atoms with E-state index in [1.807, 2.05) is 40.7 Å². The third-order valence-corrected chi connectivity index (χ3v) is 6.25. The number of nitrogens with one attached hydrogen (secondary N) is 1. The Labute approximate surface area is 180 Å². The summed E-state index contributed by atoms with van der Waals surface area (Å²) in [4.78, 5) is 31.2. The number of aromatic nitrogens is 1. The van der Waals surface area contributed by atoms with Gasteiger partial charge in [0.1, 0.15) is 5.69 Å². The molecule has 0 bridgehead atoms. The molecular formula is C22H24N4O3S. The first-order chi connectivity index (χ1) is 14.7. The summed E-state index contributed by atoms with van der Waals surface area (Å²) in [5.41, 5.74) is 4.18. The molecule has 7 nitrogen and oxygen atoms in total. The molecule has 2 saturated heterocycles. The summed E-state index contributed by atoms with van der Waals surface area (Å²) in [6.45, 7) is 3.92. The van der Waals surface area contributed by atoms with E-state index in [2.05, 4.69) is 22.3 Å². The van der Waals surface area contributed by atoms with Crippen molar-refractivity contribution in [2.45, 2.75) is 18.8 Å². The lowest BCUT2D eigenvalue weighted by Crippen LogP contribution is -2.48. The molecule has 4 rings (SSSR count). The summed E-state index contributed by atoms with van der Waals surface area (Å²) in [6.07, 6.45) is 1.66. The summed E-state index contributed by atoms with van der Waals surface area (Å²) in [7, 11) is 0. The number of hydrogen-bond acceptors (Lipinski definition) is 6. The van der Waals surface area contributed by atoms with Crippen molar-refractivity contribution in [2.75, 3.05) is 39.4 Å². The molecule has 0 aliphatic carbocycles. The van der Waals surface area contributed by atoms with Crippen molar-refractivity contribution in [2.24, 2.45) is 0 Å². The first-order valence-electron chi connectivity index (χ1n) is 10.1. The number of rotatable bonds is 3. The molecule has 2 fully saturated rings. The maximum absolute atomic E-state index is 12.4. The quantitative estimate of drug-likeness (QED) is 0.762. The van der Waals surface area contributed by atoms with E-state index >= 15 is 0 Å². The molecule has 0 unspecified atom stereocenters. The first kappa shape index (κ1) is 20.5. The van der Waals surface area contributed by atoms with E-state index in [1.165, 1.54) is 11.3 Å². The highest BCUT2D eigenvalue weighted by molar-refractivity contribution is 7.09. The largest absolute Gasteiger partial charge is 0.379 e. The average molecular weight is 425 g/mol. The molecule has 1 N–H and O–H groups in total. The van der Waals surface area contributed by atoms with Crippen LogP contribution in [-0.4, -0.2) is 66.1 Å². The van der Waals surface area contributed by atoms with Crippen LogP contribution in [0.1, 0.15) is 39.8 Å². The molecule has 1 aromatic heterocycles. The molecule has 8 heteroatoms. The van der Waals surface area contributed by atoms with Crippen LogP contribution in [0.15, 0.2) is 35.7 Å². The normalized spacial score (nSPS) is 17.8. The van der Waals surface area contributed by atoms with E-state index in [9.17, 15) is 9.59 Å². The van der Waals surface area contributed by atoms with Gasteiger partial charge in [0.15, 0.2) is 0 Å².